The lowest BCUT2D eigenvalue weighted by Crippen LogP contribution is -2.47. The number of imide groups is 1. The van der Waals surface area contributed by atoms with Gasteiger partial charge in [-0.2, -0.15) is 0 Å². The van der Waals surface area contributed by atoms with E-state index >= 15 is 0 Å². The molecular formula is C17H27N3O4. The fourth-order valence-corrected chi connectivity index (χ4v) is 1.87. The van der Waals surface area contributed by atoms with E-state index in [2.05, 4.69) is 5.32 Å². The summed E-state index contributed by atoms with van der Waals surface area (Å²) < 4.78 is 10.6. The van der Waals surface area contributed by atoms with Crippen molar-refractivity contribution < 1.29 is 19.1 Å². The van der Waals surface area contributed by atoms with Gasteiger partial charge in [-0.05, 0) is 45.4 Å². The van der Waals surface area contributed by atoms with E-state index in [0.29, 0.717) is 6.61 Å². The monoisotopic (exact) mass is 337 g/mol. The number of ether oxygens (including phenoxy) is 2. The first-order chi connectivity index (χ1) is 11.3. The zero-order valence-corrected chi connectivity index (χ0v) is 14.8. The maximum Gasteiger partial charge on any atom is 0.418 e. The van der Waals surface area contributed by atoms with Gasteiger partial charge >= 0.3 is 12.1 Å². The first-order valence-corrected chi connectivity index (χ1v) is 7.97. The van der Waals surface area contributed by atoms with Gasteiger partial charge in [0, 0.05) is 19.6 Å². The molecule has 7 nitrogen and oxygen atoms in total. The molecular weight excluding hydrogens is 310 g/mol. The molecule has 0 heterocycles. The third-order valence-corrected chi connectivity index (χ3v) is 2.89. The predicted molar refractivity (Wildman–Crippen MR) is 91.8 cm³/mol. The molecule has 0 aliphatic heterocycles. The van der Waals surface area contributed by atoms with Crippen LogP contribution in [0.15, 0.2) is 24.3 Å². The normalized spacial score (nSPS) is 10.9. The Morgan fingerprint density at radius 2 is 1.83 bits per heavy atom. The van der Waals surface area contributed by atoms with E-state index in [4.69, 9.17) is 15.2 Å². The maximum absolute atomic E-state index is 12.2. The van der Waals surface area contributed by atoms with E-state index < -0.39 is 17.7 Å². The lowest BCUT2D eigenvalue weighted by atomic mass is 10.2. The van der Waals surface area contributed by atoms with Gasteiger partial charge in [0.25, 0.3) is 0 Å². The average molecular weight is 337 g/mol. The predicted octanol–water partition coefficient (Wildman–Crippen LogP) is 2.49. The molecule has 24 heavy (non-hydrogen) atoms. The number of carbonyl (C=O) groups excluding carboxylic acids is 2. The third-order valence-electron chi connectivity index (χ3n) is 2.89. The number of nitrogens with zero attached hydrogens (tertiary/aromatic N) is 1. The minimum atomic E-state index is -0.711. The minimum absolute atomic E-state index is 0.0873. The Labute approximate surface area is 143 Å². The topological polar surface area (TPSA) is 93.9 Å². The largest absolute Gasteiger partial charge is 0.494 e. The van der Waals surface area contributed by atoms with Crippen LogP contribution in [-0.4, -0.2) is 42.3 Å². The summed E-state index contributed by atoms with van der Waals surface area (Å²) in [5.41, 5.74) is 5.69. The molecule has 0 saturated heterocycles. The van der Waals surface area contributed by atoms with Crippen LogP contribution in [0.3, 0.4) is 0 Å². The molecule has 3 N–H and O–H groups in total. The van der Waals surface area contributed by atoms with E-state index in [1.165, 1.54) is 0 Å². The van der Waals surface area contributed by atoms with Gasteiger partial charge in [-0.3, -0.25) is 0 Å². The van der Waals surface area contributed by atoms with Gasteiger partial charge in [-0.15, -0.1) is 0 Å². The summed E-state index contributed by atoms with van der Waals surface area (Å²) in [6, 6.07) is 6.83. The second-order valence-corrected chi connectivity index (χ2v) is 6.16. The maximum atomic E-state index is 12.2. The summed E-state index contributed by atoms with van der Waals surface area (Å²) >= 11 is 0. The third kappa shape index (κ3) is 6.87. The van der Waals surface area contributed by atoms with Crippen molar-refractivity contribution in [2.75, 3.05) is 19.7 Å². The second kappa shape index (κ2) is 9.12. The molecule has 0 saturated carbocycles. The van der Waals surface area contributed by atoms with Crippen LogP contribution in [0, 0.1) is 0 Å². The second-order valence-electron chi connectivity index (χ2n) is 6.16. The van der Waals surface area contributed by atoms with E-state index in [1.54, 1.807) is 20.8 Å². The number of urea groups is 1. The number of nitrogens with two attached hydrogens (primary N) is 1. The Balaban J connectivity index is 2.63. The number of nitrogens with one attached hydrogen (secondary N) is 1. The lowest BCUT2D eigenvalue weighted by Gasteiger charge is -2.26. The zero-order valence-electron chi connectivity index (χ0n) is 14.8. The summed E-state index contributed by atoms with van der Waals surface area (Å²) in [4.78, 5) is 25.3. The van der Waals surface area contributed by atoms with Crippen molar-refractivity contribution in [2.45, 2.75) is 39.8 Å². The average Bonchev–Trinajstić information content (AvgIpc) is 2.50. The van der Waals surface area contributed by atoms with E-state index in [-0.39, 0.29) is 19.6 Å². The van der Waals surface area contributed by atoms with Crippen molar-refractivity contribution in [1.82, 2.24) is 10.2 Å². The molecule has 1 aromatic rings. The van der Waals surface area contributed by atoms with Crippen molar-refractivity contribution >= 4 is 12.1 Å². The van der Waals surface area contributed by atoms with Crippen LogP contribution in [0.1, 0.15) is 33.3 Å². The number of hydrogen-bond donors (Lipinski definition) is 2. The molecule has 0 aromatic heterocycles. The van der Waals surface area contributed by atoms with Gasteiger partial charge in [0.15, 0.2) is 0 Å². The summed E-state index contributed by atoms with van der Waals surface area (Å²) in [5, 5.41) is 2.69. The van der Waals surface area contributed by atoms with Gasteiger partial charge in [-0.1, -0.05) is 12.1 Å². The van der Waals surface area contributed by atoms with Crippen molar-refractivity contribution in [3.05, 3.63) is 29.8 Å². The summed E-state index contributed by atoms with van der Waals surface area (Å²) in [6.07, 6.45) is -0.711. The first kappa shape index (κ1) is 19.8. The molecule has 0 fully saturated rings. The zero-order chi connectivity index (χ0) is 18.2. The van der Waals surface area contributed by atoms with Crippen LogP contribution in [-0.2, 0) is 11.3 Å². The summed E-state index contributed by atoms with van der Waals surface area (Å²) in [5.74, 6) is 0.770. The Morgan fingerprint density at radius 3 is 2.33 bits per heavy atom. The SMILES string of the molecule is CCOc1ccc(CNC(=O)N(CCN)C(=O)OC(C)(C)C)cc1. The number of hydrogen-bond acceptors (Lipinski definition) is 5. The van der Waals surface area contributed by atoms with E-state index in [0.717, 1.165) is 16.2 Å². The van der Waals surface area contributed by atoms with Gasteiger partial charge in [0.2, 0.25) is 0 Å². The number of rotatable bonds is 6. The highest BCUT2D eigenvalue weighted by molar-refractivity contribution is 5.91. The van der Waals surface area contributed by atoms with Crippen molar-refractivity contribution in [3.63, 3.8) is 0 Å². The summed E-state index contributed by atoms with van der Waals surface area (Å²) in [7, 11) is 0. The highest BCUT2D eigenvalue weighted by atomic mass is 16.6. The van der Waals surface area contributed by atoms with Gasteiger partial charge in [0.05, 0.1) is 6.61 Å². The first-order valence-electron chi connectivity index (χ1n) is 7.97. The van der Waals surface area contributed by atoms with Crippen LogP contribution < -0.4 is 15.8 Å². The number of carbonyl (C=O) groups is 2. The van der Waals surface area contributed by atoms with Crippen LogP contribution in [0.25, 0.3) is 0 Å². The molecule has 7 heteroatoms. The molecule has 0 unspecified atom stereocenters. The molecule has 134 valence electrons. The van der Waals surface area contributed by atoms with Crippen molar-refractivity contribution in [2.24, 2.45) is 5.73 Å². The van der Waals surface area contributed by atoms with Gasteiger partial charge < -0.3 is 20.5 Å². The molecule has 3 amide bonds. The Morgan fingerprint density at radius 1 is 1.21 bits per heavy atom. The van der Waals surface area contributed by atoms with Crippen LogP contribution >= 0.6 is 0 Å². The van der Waals surface area contributed by atoms with E-state index in [1.807, 2.05) is 31.2 Å². The molecule has 0 bridgehead atoms. The lowest BCUT2D eigenvalue weighted by molar-refractivity contribution is 0.0325. The highest BCUT2D eigenvalue weighted by Gasteiger charge is 2.26. The Kier molecular flexibility index (Phi) is 7.51. The Bertz CT molecular complexity index is 538. The molecule has 0 radical (unpaired) electrons. The smallest absolute Gasteiger partial charge is 0.418 e. The molecule has 0 atom stereocenters. The molecule has 1 aromatic carbocycles. The number of amides is 3. The van der Waals surface area contributed by atoms with E-state index in [9.17, 15) is 9.59 Å². The standard InChI is InChI=1S/C17H27N3O4/c1-5-23-14-8-6-13(7-9-14)12-19-15(21)20(11-10-18)16(22)24-17(2,3)4/h6-9H,5,10-12,18H2,1-4H3,(H,19,21). The molecule has 0 spiro atoms. The minimum Gasteiger partial charge on any atom is -0.494 e. The van der Waals surface area contributed by atoms with Gasteiger partial charge in [-0.25, -0.2) is 14.5 Å². The number of benzene rings is 1. The van der Waals surface area contributed by atoms with Crippen LogP contribution in [0.5, 0.6) is 5.75 Å². The molecule has 1 rings (SSSR count). The molecule has 0 aliphatic rings. The Hall–Kier alpha value is -2.28. The van der Waals surface area contributed by atoms with Crippen molar-refractivity contribution in [1.29, 1.82) is 0 Å². The molecule has 0 aliphatic carbocycles. The van der Waals surface area contributed by atoms with Crippen LogP contribution in [0.2, 0.25) is 0 Å². The fraction of sp³-hybridized carbons (Fsp3) is 0.529. The summed E-state index contributed by atoms with van der Waals surface area (Å²) in [6.45, 7) is 8.27. The fourth-order valence-electron chi connectivity index (χ4n) is 1.87. The quantitative estimate of drug-likeness (QED) is 0.832. The highest BCUT2D eigenvalue weighted by Crippen LogP contribution is 2.13. The van der Waals surface area contributed by atoms with Gasteiger partial charge in [0.1, 0.15) is 11.4 Å². The van der Waals surface area contributed by atoms with Crippen molar-refractivity contribution in [3.8, 4) is 5.75 Å². The van der Waals surface area contributed by atoms with Crippen LogP contribution in [0.4, 0.5) is 9.59 Å².